The average Bonchev–Trinajstić information content (AvgIpc) is 2.90. The van der Waals surface area contributed by atoms with Gasteiger partial charge in [-0.25, -0.2) is 0 Å². The van der Waals surface area contributed by atoms with Crippen LogP contribution >= 0.6 is 0 Å². The first-order chi connectivity index (χ1) is 17.6. The zero-order chi connectivity index (χ0) is 27.6. The summed E-state index contributed by atoms with van der Waals surface area (Å²) in [6, 6.07) is 0. The number of unbranched alkanes of at least 4 members (excludes halogenated alkanes) is 4. The molecule has 0 aliphatic carbocycles. The standard InChI is InChI=1S/C25H48O12/c1-3-5-7-9-25(10-8-6-4-2,13-34-23-21(32)19(30)17(28)15(11-26)36-23)14-35-24-22(33)20(31)18(29)16(12-27)37-24/h15-24,26-33H,3-14H2,1-2H3. The maximum Gasteiger partial charge on any atom is 0.186 e. The highest BCUT2D eigenvalue weighted by atomic mass is 16.7. The summed E-state index contributed by atoms with van der Waals surface area (Å²) in [5.74, 6) is 0. The Bertz CT molecular complexity index is 568. The van der Waals surface area contributed by atoms with Gasteiger partial charge in [0, 0.05) is 5.41 Å². The van der Waals surface area contributed by atoms with Crippen LogP contribution in [-0.4, -0.2) is 129 Å². The topological polar surface area (TPSA) is 199 Å². The van der Waals surface area contributed by atoms with Crippen LogP contribution < -0.4 is 0 Å². The maximum atomic E-state index is 10.4. The number of aliphatic hydroxyl groups excluding tert-OH is 8. The van der Waals surface area contributed by atoms with Gasteiger partial charge in [0.25, 0.3) is 0 Å². The first-order valence-electron chi connectivity index (χ1n) is 13.5. The van der Waals surface area contributed by atoms with Gasteiger partial charge in [0.15, 0.2) is 12.6 Å². The molecule has 2 saturated heterocycles. The molecule has 0 spiro atoms. The summed E-state index contributed by atoms with van der Waals surface area (Å²) in [5.41, 5.74) is -0.623. The van der Waals surface area contributed by atoms with Crippen molar-refractivity contribution < 1.29 is 59.8 Å². The van der Waals surface area contributed by atoms with Crippen LogP contribution in [0.25, 0.3) is 0 Å². The smallest absolute Gasteiger partial charge is 0.186 e. The molecule has 12 nitrogen and oxygen atoms in total. The minimum Gasteiger partial charge on any atom is -0.394 e. The molecule has 37 heavy (non-hydrogen) atoms. The van der Waals surface area contributed by atoms with E-state index in [1.165, 1.54) is 0 Å². The normalized spacial score (nSPS) is 37.1. The van der Waals surface area contributed by atoms with E-state index in [-0.39, 0.29) is 13.2 Å². The van der Waals surface area contributed by atoms with Gasteiger partial charge in [0.1, 0.15) is 48.8 Å². The predicted molar refractivity (Wildman–Crippen MR) is 130 cm³/mol. The molecule has 220 valence electrons. The molecule has 0 aromatic carbocycles. The lowest BCUT2D eigenvalue weighted by molar-refractivity contribution is -0.319. The first kappa shape index (κ1) is 32.7. The second-order valence-corrected chi connectivity index (χ2v) is 10.4. The average molecular weight is 541 g/mol. The lowest BCUT2D eigenvalue weighted by atomic mass is 9.79. The van der Waals surface area contributed by atoms with Crippen molar-refractivity contribution in [3.05, 3.63) is 0 Å². The molecule has 0 radical (unpaired) electrons. The number of rotatable bonds is 16. The van der Waals surface area contributed by atoms with E-state index in [0.717, 1.165) is 38.5 Å². The summed E-state index contributed by atoms with van der Waals surface area (Å²) in [6.45, 7) is 3.11. The van der Waals surface area contributed by atoms with Crippen LogP contribution in [0, 0.1) is 5.41 Å². The Balaban J connectivity index is 2.19. The highest BCUT2D eigenvalue weighted by molar-refractivity contribution is 4.91. The minimum atomic E-state index is -1.56. The van der Waals surface area contributed by atoms with Crippen molar-refractivity contribution in [3.8, 4) is 0 Å². The highest BCUT2D eigenvalue weighted by Gasteiger charge is 2.47. The Morgan fingerprint density at radius 3 is 1.27 bits per heavy atom. The second kappa shape index (κ2) is 15.9. The third-order valence-electron chi connectivity index (χ3n) is 7.43. The first-order valence-corrected chi connectivity index (χ1v) is 13.5. The van der Waals surface area contributed by atoms with Crippen LogP contribution in [0.4, 0.5) is 0 Å². The van der Waals surface area contributed by atoms with E-state index in [1.54, 1.807) is 0 Å². The van der Waals surface area contributed by atoms with E-state index in [9.17, 15) is 40.9 Å². The zero-order valence-corrected chi connectivity index (χ0v) is 22.0. The molecule has 12 heteroatoms. The van der Waals surface area contributed by atoms with Gasteiger partial charge >= 0.3 is 0 Å². The van der Waals surface area contributed by atoms with E-state index < -0.39 is 80.0 Å². The third kappa shape index (κ3) is 8.75. The molecule has 0 aromatic rings. The van der Waals surface area contributed by atoms with Crippen molar-refractivity contribution in [2.24, 2.45) is 5.41 Å². The summed E-state index contributed by atoms with van der Waals surface area (Å²) < 4.78 is 22.9. The molecule has 0 bridgehead atoms. The summed E-state index contributed by atoms with van der Waals surface area (Å²) >= 11 is 0. The summed E-state index contributed by atoms with van der Waals surface area (Å²) in [4.78, 5) is 0. The highest BCUT2D eigenvalue weighted by Crippen LogP contribution is 2.36. The van der Waals surface area contributed by atoms with Crippen LogP contribution in [0.3, 0.4) is 0 Å². The van der Waals surface area contributed by atoms with E-state index in [1.807, 2.05) is 0 Å². The van der Waals surface area contributed by atoms with Crippen molar-refractivity contribution in [1.29, 1.82) is 0 Å². The zero-order valence-electron chi connectivity index (χ0n) is 22.0. The molecule has 0 amide bonds. The van der Waals surface area contributed by atoms with Crippen molar-refractivity contribution >= 4 is 0 Å². The molecular formula is C25H48O12. The fraction of sp³-hybridized carbons (Fsp3) is 1.00. The summed E-state index contributed by atoms with van der Waals surface area (Å²) in [5, 5.41) is 80.2. The molecule has 2 heterocycles. The van der Waals surface area contributed by atoms with E-state index in [2.05, 4.69) is 13.8 Å². The van der Waals surface area contributed by atoms with Crippen LogP contribution in [0.5, 0.6) is 0 Å². The minimum absolute atomic E-state index is 0.0422. The van der Waals surface area contributed by atoms with Crippen molar-refractivity contribution in [2.45, 2.75) is 127 Å². The van der Waals surface area contributed by atoms with Crippen LogP contribution in [0.2, 0.25) is 0 Å². The lowest BCUT2D eigenvalue weighted by Crippen LogP contribution is -2.60. The number of hydrogen-bond donors (Lipinski definition) is 8. The number of hydrogen-bond acceptors (Lipinski definition) is 12. The monoisotopic (exact) mass is 540 g/mol. The molecule has 10 unspecified atom stereocenters. The van der Waals surface area contributed by atoms with Gasteiger partial charge in [-0.1, -0.05) is 52.4 Å². The summed E-state index contributed by atoms with van der Waals surface area (Å²) in [6.07, 6.45) is -7.06. The predicted octanol–water partition coefficient (Wildman–Crippen LogP) is -1.23. The number of ether oxygens (including phenoxy) is 4. The van der Waals surface area contributed by atoms with Gasteiger partial charge in [-0.05, 0) is 12.8 Å². The van der Waals surface area contributed by atoms with Gasteiger partial charge in [-0.3, -0.25) is 0 Å². The Morgan fingerprint density at radius 1 is 0.568 bits per heavy atom. The Hall–Kier alpha value is -0.480. The van der Waals surface area contributed by atoms with E-state index in [4.69, 9.17) is 18.9 Å². The van der Waals surface area contributed by atoms with Crippen LogP contribution in [-0.2, 0) is 18.9 Å². The van der Waals surface area contributed by atoms with Crippen LogP contribution in [0.15, 0.2) is 0 Å². The molecule has 2 aliphatic heterocycles. The SMILES string of the molecule is CCCCCC(CCCCC)(COC1OC(CO)C(O)C(O)C1O)COC1OC(CO)C(O)C(O)C1O. The van der Waals surface area contributed by atoms with Crippen LogP contribution in [0.1, 0.15) is 65.2 Å². The van der Waals surface area contributed by atoms with Gasteiger partial charge in [-0.2, -0.15) is 0 Å². The summed E-state index contributed by atoms with van der Waals surface area (Å²) in [7, 11) is 0. The molecule has 0 saturated carbocycles. The molecular weight excluding hydrogens is 492 g/mol. The molecule has 2 fully saturated rings. The van der Waals surface area contributed by atoms with Gasteiger partial charge in [-0.15, -0.1) is 0 Å². The van der Waals surface area contributed by atoms with Gasteiger partial charge in [0.05, 0.1) is 26.4 Å². The molecule has 0 aromatic heterocycles. The Morgan fingerprint density at radius 2 is 0.946 bits per heavy atom. The molecule has 10 atom stereocenters. The number of aliphatic hydroxyl groups is 8. The van der Waals surface area contributed by atoms with Gasteiger partial charge in [0.2, 0.25) is 0 Å². The van der Waals surface area contributed by atoms with Crippen molar-refractivity contribution in [2.75, 3.05) is 26.4 Å². The largest absolute Gasteiger partial charge is 0.394 e. The Labute approximate surface area is 218 Å². The second-order valence-electron chi connectivity index (χ2n) is 10.4. The maximum absolute atomic E-state index is 10.4. The lowest BCUT2D eigenvalue weighted by Gasteiger charge is -2.43. The van der Waals surface area contributed by atoms with Crippen molar-refractivity contribution in [3.63, 3.8) is 0 Å². The van der Waals surface area contributed by atoms with E-state index >= 15 is 0 Å². The molecule has 8 N–H and O–H groups in total. The fourth-order valence-corrected chi connectivity index (χ4v) is 4.88. The fourth-order valence-electron chi connectivity index (χ4n) is 4.88. The Kier molecular flexibility index (Phi) is 14.1. The van der Waals surface area contributed by atoms with Gasteiger partial charge < -0.3 is 59.8 Å². The molecule has 2 aliphatic rings. The molecule has 2 rings (SSSR count). The van der Waals surface area contributed by atoms with E-state index in [0.29, 0.717) is 12.8 Å². The van der Waals surface area contributed by atoms with Crippen molar-refractivity contribution in [1.82, 2.24) is 0 Å². The quantitative estimate of drug-likeness (QED) is 0.109. The third-order valence-corrected chi connectivity index (χ3v) is 7.43.